The molecule has 3 N–H and O–H groups in total. The van der Waals surface area contributed by atoms with Crippen LogP contribution >= 0.6 is 0 Å². The Balaban J connectivity index is 2.16. The van der Waals surface area contributed by atoms with Crippen LogP contribution in [-0.2, 0) is 10.0 Å². The number of nitrogens with one attached hydrogen (secondary N) is 3. The van der Waals surface area contributed by atoms with Crippen LogP contribution in [-0.4, -0.2) is 30.6 Å². The van der Waals surface area contributed by atoms with E-state index in [1.807, 2.05) is 14.0 Å². The molecule has 1 aromatic carbocycles. The van der Waals surface area contributed by atoms with E-state index in [1.54, 1.807) is 31.2 Å². The predicted octanol–water partition coefficient (Wildman–Crippen LogP) is 1.12. The maximum Gasteiger partial charge on any atom is 0.241 e. The highest BCUT2D eigenvalue weighted by Gasteiger charge is 2.20. The van der Waals surface area contributed by atoms with E-state index in [0.29, 0.717) is 5.82 Å². The summed E-state index contributed by atoms with van der Waals surface area (Å²) >= 11 is 0. The molecule has 0 aliphatic heterocycles. The van der Waals surface area contributed by atoms with Crippen LogP contribution in [0.3, 0.4) is 0 Å². The van der Waals surface area contributed by atoms with Crippen molar-refractivity contribution in [3.05, 3.63) is 42.0 Å². The van der Waals surface area contributed by atoms with Crippen LogP contribution in [0.4, 0.5) is 0 Å². The van der Waals surface area contributed by atoms with Crippen molar-refractivity contribution < 1.29 is 8.42 Å². The highest BCUT2D eigenvalue weighted by Crippen LogP contribution is 2.17. The van der Waals surface area contributed by atoms with Gasteiger partial charge >= 0.3 is 0 Å². The highest BCUT2D eigenvalue weighted by atomic mass is 32.2. The van der Waals surface area contributed by atoms with Crippen LogP contribution in [0.1, 0.15) is 37.3 Å². The van der Waals surface area contributed by atoms with Crippen molar-refractivity contribution in [2.75, 3.05) is 7.05 Å². The molecule has 2 aromatic rings. The SMILES string of the molecule is CNC(C)c1ccc(S(=O)(=O)NC(C)c2ncn[nH]2)cc1. The molecule has 21 heavy (non-hydrogen) atoms. The first kappa shape index (κ1) is 15.6. The smallest absolute Gasteiger partial charge is 0.241 e. The normalized spacial score (nSPS) is 14.8. The maximum absolute atomic E-state index is 12.3. The molecule has 0 fully saturated rings. The van der Waals surface area contributed by atoms with Gasteiger partial charge in [-0.1, -0.05) is 12.1 Å². The van der Waals surface area contributed by atoms with Gasteiger partial charge < -0.3 is 5.32 Å². The second-order valence-corrected chi connectivity index (χ2v) is 6.51. The zero-order valence-electron chi connectivity index (χ0n) is 12.2. The zero-order valence-corrected chi connectivity index (χ0v) is 13.0. The fourth-order valence-electron chi connectivity index (χ4n) is 1.88. The fourth-order valence-corrected chi connectivity index (χ4v) is 3.09. The number of H-pyrrole nitrogens is 1. The van der Waals surface area contributed by atoms with E-state index in [-0.39, 0.29) is 10.9 Å². The van der Waals surface area contributed by atoms with Crippen LogP contribution in [0.15, 0.2) is 35.5 Å². The van der Waals surface area contributed by atoms with Gasteiger partial charge in [-0.3, -0.25) is 5.10 Å². The molecule has 7 nitrogen and oxygen atoms in total. The van der Waals surface area contributed by atoms with Crippen molar-refractivity contribution in [1.82, 2.24) is 25.2 Å². The van der Waals surface area contributed by atoms with Crippen molar-refractivity contribution in [3.63, 3.8) is 0 Å². The Hall–Kier alpha value is -1.77. The van der Waals surface area contributed by atoms with Crippen LogP contribution in [0.5, 0.6) is 0 Å². The molecule has 0 aliphatic rings. The minimum absolute atomic E-state index is 0.169. The van der Waals surface area contributed by atoms with Gasteiger partial charge in [-0.25, -0.2) is 18.1 Å². The minimum Gasteiger partial charge on any atom is -0.313 e. The summed E-state index contributed by atoms with van der Waals surface area (Å²) in [4.78, 5) is 4.16. The first-order valence-corrected chi connectivity index (χ1v) is 8.07. The zero-order chi connectivity index (χ0) is 15.5. The fraction of sp³-hybridized carbons (Fsp3) is 0.385. The molecule has 1 heterocycles. The number of hydrogen-bond acceptors (Lipinski definition) is 5. The van der Waals surface area contributed by atoms with Crippen LogP contribution in [0.25, 0.3) is 0 Å². The van der Waals surface area contributed by atoms with Crippen molar-refractivity contribution in [1.29, 1.82) is 0 Å². The molecule has 8 heteroatoms. The summed E-state index contributed by atoms with van der Waals surface area (Å²) < 4.78 is 27.2. The molecule has 114 valence electrons. The Morgan fingerprint density at radius 1 is 1.14 bits per heavy atom. The third-order valence-corrected chi connectivity index (χ3v) is 4.86. The Bertz CT molecular complexity index is 667. The molecule has 2 atom stereocenters. The van der Waals surface area contributed by atoms with E-state index < -0.39 is 16.1 Å². The quantitative estimate of drug-likeness (QED) is 0.742. The predicted molar refractivity (Wildman–Crippen MR) is 79.0 cm³/mol. The summed E-state index contributed by atoms with van der Waals surface area (Å²) in [6, 6.07) is 6.48. The molecular weight excluding hydrogens is 290 g/mol. The summed E-state index contributed by atoms with van der Waals surface area (Å²) in [6.45, 7) is 3.71. The summed E-state index contributed by atoms with van der Waals surface area (Å²) in [6.07, 6.45) is 1.34. The molecule has 0 bridgehead atoms. The van der Waals surface area contributed by atoms with Gasteiger partial charge in [0.1, 0.15) is 12.2 Å². The van der Waals surface area contributed by atoms with Gasteiger partial charge in [0.05, 0.1) is 10.9 Å². The number of rotatable bonds is 6. The first-order valence-electron chi connectivity index (χ1n) is 6.59. The number of benzene rings is 1. The Morgan fingerprint density at radius 2 is 1.81 bits per heavy atom. The molecular formula is C13H19N5O2S. The van der Waals surface area contributed by atoms with E-state index in [2.05, 4.69) is 25.2 Å². The van der Waals surface area contributed by atoms with Crippen LogP contribution in [0, 0.1) is 0 Å². The van der Waals surface area contributed by atoms with E-state index >= 15 is 0 Å². The van der Waals surface area contributed by atoms with Crippen LogP contribution in [0.2, 0.25) is 0 Å². The van der Waals surface area contributed by atoms with E-state index in [9.17, 15) is 8.42 Å². The lowest BCUT2D eigenvalue weighted by atomic mass is 10.1. The molecule has 0 amide bonds. The summed E-state index contributed by atoms with van der Waals surface area (Å²) in [5.74, 6) is 0.471. The lowest BCUT2D eigenvalue weighted by Gasteiger charge is -2.14. The second kappa shape index (κ2) is 6.33. The standard InChI is InChI=1S/C13H19N5O2S/c1-9(14-3)11-4-6-12(7-5-11)21(19,20)18-10(2)13-15-8-16-17-13/h4-10,14,18H,1-3H3,(H,15,16,17). The van der Waals surface area contributed by atoms with Crippen molar-refractivity contribution in [2.24, 2.45) is 0 Å². The number of nitrogens with zero attached hydrogens (tertiary/aromatic N) is 2. The largest absolute Gasteiger partial charge is 0.313 e. The van der Waals surface area contributed by atoms with Gasteiger partial charge in [-0.05, 0) is 38.6 Å². The van der Waals surface area contributed by atoms with Crippen molar-refractivity contribution in [3.8, 4) is 0 Å². The third-order valence-electron chi connectivity index (χ3n) is 3.30. The summed E-state index contributed by atoms with van der Waals surface area (Å²) in [7, 11) is -1.74. The van der Waals surface area contributed by atoms with Crippen molar-refractivity contribution >= 4 is 10.0 Å². The highest BCUT2D eigenvalue weighted by molar-refractivity contribution is 7.89. The molecule has 0 aliphatic carbocycles. The molecule has 1 aromatic heterocycles. The molecule has 0 spiro atoms. The van der Waals surface area contributed by atoms with Gasteiger partial charge in [-0.15, -0.1) is 0 Å². The van der Waals surface area contributed by atoms with E-state index in [0.717, 1.165) is 5.56 Å². The topological polar surface area (TPSA) is 99.8 Å². The number of aromatic nitrogens is 3. The van der Waals surface area contributed by atoms with E-state index in [4.69, 9.17) is 0 Å². The lowest BCUT2D eigenvalue weighted by molar-refractivity contribution is 0.560. The van der Waals surface area contributed by atoms with Gasteiger partial charge in [0, 0.05) is 6.04 Å². The van der Waals surface area contributed by atoms with Gasteiger partial charge in [0.15, 0.2) is 0 Å². The van der Waals surface area contributed by atoms with Gasteiger partial charge in [-0.2, -0.15) is 5.10 Å². The van der Waals surface area contributed by atoms with Gasteiger partial charge in [0.25, 0.3) is 0 Å². The number of sulfonamides is 1. The minimum atomic E-state index is -3.59. The Kier molecular flexibility index (Phi) is 4.71. The monoisotopic (exact) mass is 309 g/mol. The maximum atomic E-state index is 12.3. The van der Waals surface area contributed by atoms with E-state index in [1.165, 1.54) is 6.33 Å². The Labute approximate surface area is 124 Å². The average molecular weight is 309 g/mol. The van der Waals surface area contributed by atoms with Gasteiger partial charge in [0.2, 0.25) is 10.0 Å². The molecule has 2 unspecified atom stereocenters. The van der Waals surface area contributed by atoms with Crippen LogP contribution < -0.4 is 10.0 Å². The first-order chi connectivity index (χ1) is 9.94. The molecule has 0 saturated carbocycles. The average Bonchev–Trinajstić information content (AvgIpc) is 3.00. The third kappa shape index (κ3) is 3.66. The molecule has 0 saturated heterocycles. The molecule has 0 radical (unpaired) electrons. The number of hydrogen-bond donors (Lipinski definition) is 3. The number of aromatic amines is 1. The van der Waals surface area contributed by atoms with Crippen molar-refractivity contribution in [2.45, 2.75) is 30.8 Å². The summed E-state index contributed by atoms with van der Waals surface area (Å²) in [5.41, 5.74) is 1.03. The lowest BCUT2D eigenvalue weighted by Crippen LogP contribution is -2.27. The summed E-state index contributed by atoms with van der Waals surface area (Å²) in [5, 5.41) is 9.46. The second-order valence-electron chi connectivity index (χ2n) is 4.79. The molecule has 2 rings (SSSR count). The Morgan fingerprint density at radius 3 is 2.33 bits per heavy atom.